The molecule has 0 atom stereocenters. The van der Waals surface area contributed by atoms with Crippen LogP contribution in [0.2, 0.25) is 0 Å². The Morgan fingerprint density at radius 1 is 1.03 bits per heavy atom. The quantitative estimate of drug-likeness (QED) is 0.594. The largest absolute Gasteiger partial charge is 0.493 e. The first-order chi connectivity index (χ1) is 13.8. The molecule has 5 heteroatoms. The number of carbonyl (C=O) groups is 1. The van der Waals surface area contributed by atoms with Crippen molar-refractivity contribution in [3.05, 3.63) is 76.6 Å². The minimum atomic E-state index is 0.0561. The van der Waals surface area contributed by atoms with Gasteiger partial charge >= 0.3 is 0 Å². The van der Waals surface area contributed by atoms with Crippen molar-refractivity contribution in [2.24, 2.45) is 0 Å². The first kappa shape index (κ1) is 20.6. The van der Waals surface area contributed by atoms with Crippen LogP contribution in [0.1, 0.15) is 34.5 Å². The van der Waals surface area contributed by atoms with Gasteiger partial charge in [-0.05, 0) is 63.1 Å². The van der Waals surface area contributed by atoms with Crippen LogP contribution >= 0.6 is 0 Å². The number of carbonyl (C=O) groups excluding carboxylic acids is 1. The van der Waals surface area contributed by atoms with Crippen molar-refractivity contribution in [2.75, 3.05) is 13.7 Å². The molecule has 1 heterocycles. The second kappa shape index (κ2) is 8.95. The van der Waals surface area contributed by atoms with Gasteiger partial charge < -0.3 is 9.64 Å². The molecular formula is C24H29N3O2. The minimum Gasteiger partial charge on any atom is -0.493 e. The number of benzene rings is 2. The first-order valence-electron chi connectivity index (χ1n) is 9.90. The molecule has 3 aromatic rings. The van der Waals surface area contributed by atoms with E-state index in [9.17, 15) is 4.79 Å². The molecule has 3 rings (SSSR count). The molecule has 0 saturated heterocycles. The Balaban J connectivity index is 1.60. The molecule has 0 aliphatic carbocycles. The number of amides is 1. The summed E-state index contributed by atoms with van der Waals surface area (Å²) in [4.78, 5) is 14.3. The van der Waals surface area contributed by atoms with Crippen LogP contribution in [-0.4, -0.2) is 34.2 Å². The van der Waals surface area contributed by atoms with Crippen molar-refractivity contribution in [3.63, 3.8) is 0 Å². The molecule has 152 valence electrons. The molecule has 2 aromatic carbocycles. The van der Waals surface area contributed by atoms with Gasteiger partial charge in [0.15, 0.2) is 0 Å². The van der Waals surface area contributed by atoms with Gasteiger partial charge in [-0.2, -0.15) is 5.10 Å². The van der Waals surface area contributed by atoms with Gasteiger partial charge in [0, 0.05) is 24.8 Å². The van der Waals surface area contributed by atoms with E-state index >= 15 is 0 Å². The number of hydrogen-bond donors (Lipinski definition) is 0. The third-order valence-corrected chi connectivity index (χ3v) is 5.04. The van der Waals surface area contributed by atoms with Crippen molar-refractivity contribution in [1.82, 2.24) is 14.7 Å². The number of aryl methyl sites for hydroxylation is 3. The van der Waals surface area contributed by atoms with Crippen LogP contribution in [0.25, 0.3) is 5.69 Å². The standard InChI is InChI=1S/C24H29N3O2/c1-17-13-18(2)15-22(14-17)29-12-11-24(28)26(5)16-23-19(3)25-27(20(23)4)21-9-7-6-8-10-21/h6-10,13-15H,11-12,16H2,1-5H3. The molecule has 0 aliphatic rings. The molecule has 0 bridgehead atoms. The number of nitrogens with zero attached hydrogens (tertiary/aromatic N) is 3. The third kappa shape index (κ3) is 5.05. The van der Waals surface area contributed by atoms with Gasteiger partial charge in [-0.1, -0.05) is 24.3 Å². The Morgan fingerprint density at radius 3 is 2.34 bits per heavy atom. The summed E-state index contributed by atoms with van der Waals surface area (Å²) in [6.07, 6.45) is 0.342. The van der Waals surface area contributed by atoms with Crippen LogP contribution in [0.5, 0.6) is 5.75 Å². The van der Waals surface area contributed by atoms with E-state index in [-0.39, 0.29) is 5.91 Å². The molecule has 0 radical (unpaired) electrons. The number of ether oxygens (including phenoxy) is 1. The van der Waals surface area contributed by atoms with Crippen molar-refractivity contribution in [3.8, 4) is 11.4 Å². The average molecular weight is 392 g/mol. The highest BCUT2D eigenvalue weighted by Gasteiger charge is 2.17. The molecule has 5 nitrogen and oxygen atoms in total. The molecule has 1 amide bonds. The Morgan fingerprint density at radius 2 is 1.69 bits per heavy atom. The van der Waals surface area contributed by atoms with Crippen molar-refractivity contribution >= 4 is 5.91 Å². The fraction of sp³-hybridized carbons (Fsp3) is 0.333. The molecular weight excluding hydrogens is 362 g/mol. The Labute approximate surface area is 172 Å². The summed E-state index contributed by atoms with van der Waals surface area (Å²) >= 11 is 0. The zero-order valence-corrected chi connectivity index (χ0v) is 17.9. The third-order valence-electron chi connectivity index (χ3n) is 5.04. The second-order valence-corrected chi connectivity index (χ2v) is 7.57. The summed E-state index contributed by atoms with van der Waals surface area (Å²) in [6, 6.07) is 16.1. The van der Waals surface area contributed by atoms with Gasteiger partial charge in [0.05, 0.1) is 24.4 Å². The zero-order chi connectivity index (χ0) is 21.0. The van der Waals surface area contributed by atoms with E-state index in [1.165, 1.54) is 0 Å². The van der Waals surface area contributed by atoms with Gasteiger partial charge in [-0.25, -0.2) is 4.68 Å². The van der Waals surface area contributed by atoms with Gasteiger partial charge in [0.2, 0.25) is 5.91 Å². The second-order valence-electron chi connectivity index (χ2n) is 7.57. The summed E-state index contributed by atoms with van der Waals surface area (Å²) in [6.45, 7) is 9.02. The minimum absolute atomic E-state index is 0.0561. The Kier molecular flexibility index (Phi) is 6.37. The summed E-state index contributed by atoms with van der Waals surface area (Å²) in [5.41, 5.74) is 6.42. The average Bonchev–Trinajstić information content (AvgIpc) is 2.96. The monoisotopic (exact) mass is 391 g/mol. The fourth-order valence-corrected chi connectivity index (χ4v) is 3.51. The molecule has 0 fully saturated rings. The summed E-state index contributed by atoms with van der Waals surface area (Å²) in [7, 11) is 1.83. The van der Waals surface area contributed by atoms with E-state index in [1.54, 1.807) is 4.90 Å². The zero-order valence-electron chi connectivity index (χ0n) is 17.9. The lowest BCUT2D eigenvalue weighted by Crippen LogP contribution is -2.28. The van der Waals surface area contributed by atoms with Crippen LogP contribution in [0, 0.1) is 27.7 Å². The topological polar surface area (TPSA) is 47.4 Å². The number of rotatable bonds is 7. The van der Waals surface area contributed by atoms with Gasteiger partial charge in [-0.3, -0.25) is 4.79 Å². The van der Waals surface area contributed by atoms with Crippen LogP contribution in [-0.2, 0) is 11.3 Å². The lowest BCUT2D eigenvalue weighted by molar-refractivity contribution is -0.130. The molecule has 0 unspecified atom stereocenters. The lowest BCUT2D eigenvalue weighted by Gasteiger charge is -2.18. The summed E-state index contributed by atoms with van der Waals surface area (Å²) in [5.74, 6) is 0.870. The molecule has 29 heavy (non-hydrogen) atoms. The van der Waals surface area contributed by atoms with Crippen LogP contribution in [0.15, 0.2) is 48.5 Å². The van der Waals surface area contributed by atoms with E-state index in [4.69, 9.17) is 4.74 Å². The Hall–Kier alpha value is -3.08. The highest BCUT2D eigenvalue weighted by Crippen LogP contribution is 2.20. The number of aromatic nitrogens is 2. The number of para-hydroxylation sites is 1. The molecule has 0 saturated carbocycles. The van der Waals surface area contributed by atoms with Crippen molar-refractivity contribution < 1.29 is 9.53 Å². The van der Waals surface area contributed by atoms with E-state index < -0.39 is 0 Å². The maximum Gasteiger partial charge on any atom is 0.226 e. The maximum absolute atomic E-state index is 12.6. The molecule has 0 N–H and O–H groups in total. The SMILES string of the molecule is Cc1cc(C)cc(OCCC(=O)N(C)Cc2c(C)nn(-c3ccccc3)c2C)c1. The van der Waals surface area contributed by atoms with Crippen molar-refractivity contribution in [1.29, 1.82) is 0 Å². The van der Waals surface area contributed by atoms with E-state index in [2.05, 4.69) is 11.2 Å². The molecule has 0 spiro atoms. The normalized spacial score (nSPS) is 10.8. The van der Waals surface area contributed by atoms with Crippen LogP contribution in [0.3, 0.4) is 0 Å². The predicted octanol–water partition coefficient (Wildman–Crippen LogP) is 4.53. The van der Waals surface area contributed by atoms with Gasteiger partial charge in [-0.15, -0.1) is 0 Å². The first-order valence-corrected chi connectivity index (χ1v) is 9.90. The Bertz CT molecular complexity index is 973. The molecule has 1 aromatic heterocycles. The van der Waals surface area contributed by atoms with Crippen LogP contribution in [0.4, 0.5) is 0 Å². The lowest BCUT2D eigenvalue weighted by atomic mass is 10.1. The number of hydrogen-bond acceptors (Lipinski definition) is 3. The highest BCUT2D eigenvalue weighted by molar-refractivity contribution is 5.76. The van der Waals surface area contributed by atoms with Gasteiger partial charge in [0.25, 0.3) is 0 Å². The van der Waals surface area contributed by atoms with Gasteiger partial charge in [0.1, 0.15) is 5.75 Å². The summed E-state index contributed by atoms with van der Waals surface area (Å²) < 4.78 is 7.72. The van der Waals surface area contributed by atoms with Crippen molar-refractivity contribution in [2.45, 2.75) is 40.7 Å². The van der Waals surface area contributed by atoms with E-state index in [1.807, 2.05) is 81.9 Å². The highest BCUT2D eigenvalue weighted by atomic mass is 16.5. The summed E-state index contributed by atoms with van der Waals surface area (Å²) in [5, 5.41) is 4.67. The predicted molar refractivity (Wildman–Crippen MR) is 116 cm³/mol. The van der Waals surface area contributed by atoms with E-state index in [0.717, 1.165) is 39.5 Å². The molecule has 0 aliphatic heterocycles. The van der Waals surface area contributed by atoms with E-state index in [0.29, 0.717) is 19.6 Å². The maximum atomic E-state index is 12.6. The fourth-order valence-electron chi connectivity index (χ4n) is 3.51. The smallest absolute Gasteiger partial charge is 0.226 e. The van der Waals surface area contributed by atoms with Crippen LogP contribution < -0.4 is 4.74 Å².